The highest BCUT2D eigenvalue weighted by atomic mass is 35.5. The van der Waals surface area contributed by atoms with Gasteiger partial charge in [0.1, 0.15) is 10.8 Å². The van der Waals surface area contributed by atoms with Gasteiger partial charge in [-0.25, -0.2) is 4.98 Å². The third kappa shape index (κ3) is 3.24. The van der Waals surface area contributed by atoms with E-state index < -0.39 is 0 Å². The van der Waals surface area contributed by atoms with Crippen LogP contribution in [0.5, 0.6) is 5.75 Å². The molecule has 4 heteroatoms. The molecule has 0 fully saturated rings. The second kappa shape index (κ2) is 6.76. The SMILES string of the molecule is CCOc1ccccc1-c1nc(CCCCl)cs1. The lowest BCUT2D eigenvalue weighted by Crippen LogP contribution is -1.93. The van der Waals surface area contributed by atoms with Crippen molar-refractivity contribution in [2.45, 2.75) is 19.8 Å². The van der Waals surface area contributed by atoms with Crippen LogP contribution in [0.1, 0.15) is 19.0 Å². The van der Waals surface area contributed by atoms with Crippen LogP contribution >= 0.6 is 22.9 Å². The summed E-state index contributed by atoms with van der Waals surface area (Å²) < 4.78 is 5.63. The normalized spacial score (nSPS) is 10.6. The molecule has 0 saturated carbocycles. The molecule has 0 radical (unpaired) electrons. The molecule has 0 bridgehead atoms. The lowest BCUT2D eigenvalue weighted by Gasteiger charge is -2.07. The summed E-state index contributed by atoms with van der Waals surface area (Å²) in [6.45, 7) is 2.66. The van der Waals surface area contributed by atoms with E-state index in [1.165, 1.54) is 0 Å². The number of rotatable bonds is 6. The Morgan fingerprint density at radius 1 is 1.33 bits per heavy atom. The molecule has 0 aliphatic rings. The molecule has 2 rings (SSSR count). The van der Waals surface area contributed by atoms with Crippen molar-refractivity contribution < 1.29 is 4.74 Å². The van der Waals surface area contributed by atoms with Crippen molar-refractivity contribution in [3.63, 3.8) is 0 Å². The lowest BCUT2D eigenvalue weighted by molar-refractivity contribution is 0.341. The molecule has 0 saturated heterocycles. The Balaban J connectivity index is 2.22. The van der Waals surface area contributed by atoms with E-state index in [1.54, 1.807) is 11.3 Å². The maximum absolute atomic E-state index is 5.70. The van der Waals surface area contributed by atoms with Crippen LogP contribution in [0.3, 0.4) is 0 Å². The summed E-state index contributed by atoms with van der Waals surface area (Å²) in [4.78, 5) is 4.64. The van der Waals surface area contributed by atoms with Crippen molar-refractivity contribution in [2.24, 2.45) is 0 Å². The van der Waals surface area contributed by atoms with Crippen molar-refractivity contribution in [3.05, 3.63) is 35.3 Å². The van der Waals surface area contributed by atoms with E-state index in [0.717, 1.165) is 34.9 Å². The number of halogens is 1. The molecule has 0 amide bonds. The fraction of sp³-hybridized carbons (Fsp3) is 0.357. The van der Waals surface area contributed by atoms with E-state index in [0.29, 0.717) is 12.5 Å². The van der Waals surface area contributed by atoms with Crippen molar-refractivity contribution >= 4 is 22.9 Å². The predicted octanol–water partition coefficient (Wildman–Crippen LogP) is 4.38. The Morgan fingerprint density at radius 3 is 2.94 bits per heavy atom. The van der Waals surface area contributed by atoms with Gasteiger partial charge >= 0.3 is 0 Å². The molecule has 2 aromatic rings. The Labute approximate surface area is 117 Å². The molecule has 0 atom stereocenters. The zero-order valence-electron chi connectivity index (χ0n) is 10.4. The highest BCUT2D eigenvalue weighted by Crippen LogP contribution is 2.32. The Hall–Kier alpha value is -1.06. The molecule has 96 valence electrons. The number of hydrogen-bond donors (Lipinski definition) is 0. The molecule has 0 spiro atoms. The molecule has 0 aliphatic heterocycles. The molecule has 1 aromatic carbocycles. The maximum Gasteiger partial charge on any atom is 0.129 e. The largest absolute Gasteiger partial charge is 0.493 e. The molecule has 0 unspecified atom stereocenters. The van der Waals surface area contributed by atoms with Crippen molar-refractivity contribution in [1.29, 1.82) is 0 Å². The number of aryl methyl sites for hydroxylation is 1. The molecule has 0 aliphatic carbocycles. The minimum Gasteiger partial charge on any atom is -0.493 e. The monoisotopic (exact) mass is 281 g/mol. The molecule has 1 aromatic heterocycles. The van der Waals surface area contributed by atoms with Gasteiger partial charge in [-0.1, -0.05) is 12.1 Å². The Morgan fingerprint density at radius 2 is 2.17 bits per heavy atom. The molecular formula is C14H16ClNOS. The summed E-state index contributed by atoms with van der Waals surface area (Å²) in [5.74, 6) is 1.58. The summed E-state index contributed by atoms with van der Waals surface area (Å²) in [7, 11) is 0. The molecular weight excluding hydrogens is 266 g/mol. The van der Waals surface area contributed by atoms with Gasteiger partial charge in [-0.15, -0.1) is 22.9 Å². The number of thiazole rings is 1. The zero-order chi connectivity index (χ0) is 12.8. The van der Waals surface area contributed by atoms with Crippen LogP contribution < -0.4 is 4.74 Å². The second-order valence-electron chi connectivity index (χ2n) is 3.87. The number of hydrogen-bond acceptors (Lipinski definition) is 3. The summed E-state index contributed by atoms with van der Waals surface area (Å²) in [6.07, 6.45) is 1.91. The molecule has 18 heavy (non-hydrogen) atoms. The fourth-order valence-electron chi connectivity index (χ4n) is 1.72. The van der Waals surface area contributed by atoms with E-state index in [4.69, 9.17) is 16.3 Å². The molecule has 1 heterocycles. The first kappa shape index (κ1) is 13.4. The van der Waals surface area contributed by atoms with Crippen LogP contribution in [-0.2, 0) is 6.42 Å². The third-order valence-corrected chi connectivity index (χ3v) is 3.73. The minimum absolute atomic E-state index is 0.668. The van der Waals surface area contributed by atoms with E-state index in [2.05, 4.69) is 16.4 Å². The lowest BCUT2D eigenvalue weighted by atomic mass is 10.2. The van der Waals surface area contributed by atoms with E-state index in [9.17, 15) is 0 Å². The average Bonchev–Trinajstić information content (AvgIpc) is 2.86. The van der Waals surface area contributed by atoms with Gasteiger partial charge in [-0.2, -0.15) is 0 Å². The maximum atomic E-state index is 5.70. The smallest absolute Gasteiger partial charge is 0.129 e. The zero-order valence-corrected chi connectivity index (χ0v) is 11.9. The quantitative estimate of drug-likeness (QED) is 0.733. The van der Waals surface area contributed by atoms with Gasteiger partial charge in [0.25, 0.3) is 0 Å². The van der Waals surface area contributed by atoms with Gasteiger partial charge in [0.15, 0.2) is 0 Å². The highest BCUT2D eigenvalue weighted by Gasteiger charge is 2.09. The predicted molar refractivity (Wildman–Crippen MR) is 77.8 cm³/mol. The van der Waals surface area contributed by atoms with Crippen LogP contribution in [0.25, 0.3) is 10.6 Å². The van der Waals surface area contributed by atoms with E-state index in [1.807, 2.05) is 25.1 Å². The van der Waals surface area contributed by atoms with Gasteiger partial charge in [-0.05, 0) is 31.9 Å². The number of alkyl halides is 1. The summed E-state index contributed by atoms with van der Waals surface area (Å²) in [6, 6.07) is 8.03. The first-order valence-electron chi connectivity index (χ1n) is 6.07. The van der Waals surface area contributed by atoms with Crippen LogP contribution in [0.15, 0.2) is 29.6 Å². The average molecular weight is 282 g/mol. The second-order valence-corrected chi connectivity index (χ2v) is 5.10. The van der Waals surface area contributed by atoms with Gasteiger partial charge in [0.05, 0.1) is 17.9 Å². The van der Waals surface area contributed by atoms with Gasteiger partial charge in [0.2, 0.25) is 0 Å². The topological polar surface area (TPSA) is 22.1 Å². The summed E-state index contributed by atoms with van der Waals surface area (Å²) >= 11 is 7.36. The minimum atomic E-state index is 0.668. The number of aromatic nitrogens is 1. The molecule has 2 nitrogen and oxygen atoms in total. The number of ether oxygens (including phenoxy) is 1. The highest BCUT2D eigenvalue weighted by molar-refractivity contribution is 7.13. The van der Waals surface area contributed by atoms with Crippen molar-refractivity contribution in [1.82, 2.24) is 4.98 Å². The fourth-order valence-corrected chi connectivity index (χ4v) is 2.74. The first-order chi connectivity index (χ1) is 8.85. The van der Waals surface area contributed by atoms with Gasteiger partial charge in [-0.3, -0.25) is 0 Å². The summed E-state index contributed by atoms with van der Waals surface area (Å²) in [5.41, 5.74) is 2.18. The van der Waals surface area contributed by atoms with Crippen LogP contribution in [-0.4, -0.2) is 17.5 Å². The van der Waals surface area contributed by atoms with Crippen LogP contribution in [0.4, 0.5) is 0 Å². The summed E-state index contributed by atoms with van der Waals surface area (Å²) in [5, 5.41) is 3.12. The number of para-hydroxylation sites is 1. The van der Waals surface area contributed by atoms with Gasteiger partial charge < -0.3 is 4.74 Å². The van der Waals surface area contributed by atoms with Crippen LogP contribution in [0.2, 0.25) is 0 Å². The van der Waals surface area contributed by atoms with Crippen molar-refractivity contribution in [2.75, 3.05) is 12.5 Å². The Kier molecular flexibility index (Phi) is 5.02. The van der Waals surface area contributed by atoms with Gasteiger partial charge in [0, 0.05) is 11.3 Å². The van der Waals surface area contributed by atoms with E-state index >= 15 is 0 Å². The van der Waals surface area contributed by atoms with E-state index in [-0.39, 0.29) is 0 Å². The standard InChI is InChI=1S/C14H16ClNOS/c1-2-17-13-8-4-3-7-12(13)14-16-11(10-18-14)6-5-9-15/h3-4,7-8,10H,2,5-6,9H2,1H3. The number of nitrogens with zero attached hydrogens (tertiary/aromatic N) is 1. The van der Waals surface area contributed by atoms with Crippen LogP contribution in [0, 0.1) is 0 Å². The number of benzene rings is 1. The first-order valence-corrected chi connectivity index (χ1v) is 7.49. The third-order valence-electron chi connectivity index (χ3n) is 2.54. The molecule has 0 N–H and O–H groups in total. The van der Waals surface area contributed by atoms with Crippen molar-refractivity contribution in [3.8, 4) is 16.3 Å². The Bertz CT molecular complexity index is 498.